The van der Waals surface area contributed by atoms with Gasteiger partial charge in [0.25, 0.3) is 0 Å². The lowest BCUT2D eigenvalue weighted by atomic mass is 10.2. The summed E-state index contributed by atoms with van der Waals surface area (Å²) in [6.45, 7) is 11.5. The maximum atomic E-state index is 3.65. The molecule has 0 aromatic heterocycles. The van der Waals surface area contributed by atoms with E-state index < -0.39 is 0 Å². The molecule has 2 atom stereocenters. The van der Waals surface area contributed by atoms with Crippen LogP contribution in [-0.4, -0.2) is 37.1 Å². The second-order valence-corrected chi connectivity index (χ2v) is 4.37. The third kappa shape index (κ3) is 3.97. The molecule has 0 spiro atoms. The van der Waals surface area contributed by atoms with E-state index in [1.165, 1.54) is 45.4 Å². The molecule has 0 aliphatic heterocycles. The first-order chi connectivity index (χ1) is 6.81. The zero-order valence-electron chi connectivity index (χ0n) is 10.1. The Hall–Kier alpha value is -0.0800. The highest BCUT2D eigenvalue weighted by atomic mass is 15.1. The molecular weight excluding hydrogens is 172 g/mol. The summed E-state index contributed by atoms with van der Waals surface area (Å²) in [6, 6.07) is 0.852. The average Bonchev–Trinajstić information content (AvgIpc) is 2.92. The van der Waals surface area contributed by atoms with E-state index in [0.717, 1.165) is 12.0 Å². The lowest BCUT2D eigenvalue weighted by Crippen LogP contribution is -2.33. The SMILES string of the molecule is CCCC1CC1NCCN(CC)CC. The van der Waals surface area contributed by atoms with Crippen molar-refractivity contribution in [1.82, 2.24) is 10.2 Å². The van der Waals surface area contributed by atoms with Gasteiger partial charge < -0.3 is 10.2 Å². The van der Waals surface area contributed by atoms with E-state index in [1.54, 1.807) is 0 Å². The van der Waals surface area contributed by atoms with E-state index in [0.29, 0.717) is 0 Å². The number of nitrogens with one attached hydrogen (secondary N) is 1. The van der Waals surface area contributed by atoms with Gasteiger partial charge in [0.1, 0.15) is 0 Å². The zero-order chi connectivity index (χ0) is 10.4. The fourth-order valence-electron chi connectivity index (χ4n) is 2.14. The van der Waals surface area contributed by atoms with Crippen LogP contribution < -0.4 is 5.32 Å². The molecule has 84 valence electrons. The monoisotopic (exact) mass is 198 g/mol. The van der Waals surface area contributed by atoms with E-state index in [9.17, 15) is 0 Å². The second-order valence-electron chi connectivity index (χ2n) is 4.37. The molecule has 2 nitrogen and oxygen atoms in total. The smallest absolute Gasteiger partial charge is 0.0107 e. The quantitative estimate of drug-likeness (QED) is 0.642. The van der Waals surface area contributed by atoms with Gasteiger partial charge in [-0.05, 0) is 31.8 Å². The van der Waals surface area contributed by atoms with Crippen molar-refractivity contribution in [3.8, 4) is 0 Å². The molecule has 1 fully saturated rings. The number of nitrogens with zero attached hydrogens (tertiary/aromatic N) is 1. The first-order valence-corrected chi connectivity index (χ1v) is 6.27. The van der Waals surface area contributed by atoms with Crippen LogP contribution in [0.2, 0.25) is 0 Å². The summed E-state index contributed by atoms with van der Waals surface area (Å²) in [4.78, 5) is 2.48. The van der Waals surface area contributed by atoms with Gasteiger partial charge >= 0.3 is 0 Å². The predicted octanol–water partition coefficient (Wildman–Crippen LogP) is 2.11. The largest absolute Gasteiger partial charge is 0.312 e. The highest BCUT2D eigenvalue weighted by Crippen LogP contribution is 2.34. The minimum absolute atomic E-state index is 0.852. The Morgan fingerprint density at radius 1 is 1.21 bits per heavy atom. The fraction of sp³-hybridized carbons (Fsp3) is 1.00. The zero-order valence-corrected chi connectivity index (χ0v) is 10.1. The van der Waals surface area contributed by atoms with Crippen molar-refractivity contribution in [3.63, 3.8) is 0 Å². The Morgan fingerprint density at radius 2 is 1.93 bits per heavy atom. The molecule has 0 amide bonds. The number of likely N-dealkylation sites (N-methyl/N-ethyl adjacent to an activating group) is 1. The molecule has 0 radical (unpaired) electrons. The number of rotatable bonds is 8. The van der Waals surface area contributed by atoms with Crippen molar-refractivity contribution in [2.45, 2.75) is 46.1 Å². The minimum atomic E-state index is 0.852. The van der Waals surface area contributed by atoms with Crippen LogP contribution in [0.25, 0.3) is 0 Å². The Morgan fingerprint density at radius 3 is 2.50 bits per heavy atom. The topological polar surface area (TPSA) is 15.3 Å². The maximum absolute atomic E-state index is 3.65. The minimum Gasteiger partial charge on any atom is -0.312 e. The summed E-state index contributed by atoms with van der Waals surface area (Å²) in [5, 5.41) is 3.65. The van der Waals surface area contributed by atoms with Gasteiger partial charge in [0.05, 0.1) is 0 Å². The molecule has 0 heterocycles. The first kappa shape index (κ1) is 12.0. The Bertz CT molecular complexity index is 143. The molecule has 2 heteroatoms. The molecule has 2 unspecified atom stereocenters. The third-order valence-corrected chi connectivity index (χ3v) is 3.31. The Balaban J connectivity index is 1.95. The molecule has 0 aromatic carbocycles. The van der Waals surface area contributed by atoms with Gasteiger partial charge in [-0.2, -0.15) is 0 Å². The van der Waals surface area contributed by atoms with E-state index in [4.69, 9.17) is 0 Å². The van der Waals surface area contributed by atoms with Crippen LogP contribution in [0.1, 0.15) is 40.0 Å². The van der Waals surface area contributed by atoms with Gasteiger partial charge in [-0.3, -0.25) is 0 Å². The van der Waals surface area contributed by atoms with Crippen LogP contribution >= 0.6 is 0 Å². The van der Waals surface area contributed by atoms with E-state index >= 15 is 0 Å². The van der Waals surface area contributed by atoms with Crippen molar-refractivity contribution in [2.24, 2.45) is 5.92 Å². The van der Waals surface area contributed by atoms with Crippen molar-refractivity contribution in [2.75, 3.05) is 26.2 Å². The molecule has 0 saturated heterocycles. The summed E-state index contributed by atoms with van der Waals surface area (Å²) in [5.41, 5.74) is 0. The summed E-state index contributed by atoms with van der Waals surface area (Å²) in [5.74, 6) is 0.997. The summed E-state index contributed by atoms with van der Waals surface area (Å²) in [6.07, 6.45) is 4.19. The predicted molar refractivity (Wildman–Crippen MR) is 62.6 cm³/mol. The van der Waals surface area contributed by atoms with Crippen molar-refractivity contribution in [3.05, 3.63) is 0 Å². The highest BCUT2D eigenvalue weighted by Gasteiger charge is 2.34. The summed E-state index contributed by atoms with van der Waals surface area (Å²) >= 11 is 0. The standard InChI is InChI=1S/C12H26N2/c1-4-7-11-10-12(11)13-8-9-14(5-2)6-3/h11-13H,4-10H2,1-3H3. The van der Waals surface area contributed by atoms with Crippen LogP contribution in [0, 0.1) is 5.92 Å². The van der Waals surface area contributed by atoms with Crippen molar-refractivity contribution >= 4 is 0 Å². The van der Waals surface area contributed by atoms with Crippen LogP contribution in [0.4, 0.5) is 0 Å². The van der Waals surface area contributed by atoms with Crippen LogP contribution in [0.3, 0.4) is 0 Å². The van der Waals surface area contributed by atoms with Crippen LogP contribution in [0.5, 0.6) is 0 Å². The maximum Gasteiger partial charge on any atom is 0.0107 e. The highest BCUT2D eigenvalue weighted by molar-refractivity contribution is 4.92. The van der Waals surface area contributed by atoms with E-state index in [-0.39, 0.29) is 0 Å². The van der Waals surface area contributed by atoms with Gasteiger partial charge in [0.2, 0.25) is 0 Å². The van der Waals surface area contributed by atoms with Gasteiger partial charge in [-0.15, -0.1) is 0 Å². The van der Waals surface area contributed by atoms with Crippen LogP contribution in [0.15, 0.2) is 0 Å². The van der Waals surface area contributed by atoms with Crippen molar-refractivity contribution < 1.29 is 0 Å². The fourth-order valence-corrected chi connectivity index (χ4v) is 2.14. The Labute approximate surface area is 89.1 Å². The number of hydrogen-bond acceptors (Lipinski definition) is 2. The van der Waals surface area contributed by atoms with E-state index in [2.05, 4.69) is 31.0 Å². The molecule has 0 aromatic rings. The number of hydrogen-bond donors (Lipinski definition) is 1. The normalized spacial score (nSPS) is 25.7. The van der Waals surface area contributed by atoms with E-state index in [1.807, 2.05) is 0 Å². The van der Waals surface area contributed by atoms with Gasteiger partial charge in [0.15, 0.2) is 0 Å². The molecule has 1 rings (SSSR count). The molecule has 14 heavy (non-hydrogen) atoms. The molecule has 1 N–H and O–H groups in total. The van der Waals surface area contributed by atoms with Crippen LogP contribution in [-0.2, 0) is 0 Å². The average molecular weight is 198 g/mol. The van der Waals surface area contributed by atoms with Gasteiger partial charge in [-0.25, -0.2) is 0 Å². The summed E-state index contributed by atoms with van der Waals surface area (Å²) in [7, 11) is 0. The molecule has 1 aliphatic carbocycles. The van der Waals surface area contributed by atoms with Gasteiger partial charge in [-0.1, -0.05) is 27.2 Å². The Kier molecular flexibility index (Phi) is 5.49. The summed E-state index contributed by atoms with van der Waals surface area (Å²) < 4.78 is 0. The third-order valence-electron chi connectivity index (χ3n) is 3.31. The molecule has 1 aliphatic rings. The van der Waals surface area contributed by atoms with Gasteiger partial charge in [0, 0.05) is 19.1 Å². The molecular formula is C12H26N2. The lowest BCUT2D eigenvalue weighted by molar-refractivity contribution is 0.301. The van der Waals surface area contributed by atoms with Crippen molar-refractivity contribution in [1.29, 1.82) is 0 Å². The first-order valence-electron chi connectivity index (χ1n) is 6.27. The molecule has 1 saturated carbocycles. The lowest BCUT2D eigenvalue weighted by Gasteiger charge is -2.17. The molecule has 0 bridgehead atoms. The second kappa shape index (κ2) is 6.41.